The summed E-state index contributed by atoms with van der Waals surface area (Å²) >= 11 is 0. The second-order valence-corrected chi connectivity index (χ2v) is 6.93. The van der Waals surface area contributed by atoms with Crippen molar-refractivity contribution in [3.63, 3.8) is 0 Å². The molecule has 2 aliphatic rings. The molecule has 10 heteroatoms. The fourth-order valence-electron chi connectivity index (χ4n) is 3.54. The number of fused-ring (bicyclic) bond motifs is 1. The van der Waals surface area contributed by atoms with Crippen LogP contribution >= 0.6 is 0 Å². The van der Waals surface area contributed by atoms with E-state index in [0.717, 1.165) is 6.42 Å². The molecule has 0 radical (unpaired) electrons. The third kappa shape index (κ3) is 3.08. The zero-order valence-electron chi connectivity index (χ0n) is 15.0. The maximum atomic E-state index is 13.4. The second-order valence-electron chi connectivity index (χ2n) is 6.93. The van der Waals surface area contributed by atoms with E-state index in [-0.39, 0.29) is 24.2 Å². The van der Waals surface area contributed by atoms with Gasteiger partial charge in [-0.25, -0.2) is 18.0 Å². The summed E-state index contributed by atoms with van der Waals surface area (Å²) in [5.74, 6) is -4.11. The average molecular weight is 394 g/mol. The Morgan fingerprint density at radius 2 is 2.00 bits per heavy atom. The largest absolute Gasteiger partial charge is 0.338 e. The van der Waals surface area contributed by atoms with Crippen molar-refractivity contribution < 1.29 is 27.3 Å². The molecule has 0 spiro atoms. The van der Waals surface area contributed by atoms with Crippen LogP contribution in [0.3, 0.4) is 0 Å². The van der Waals surface area contributed by atoms with Crippen LogP contribution < -0.4 is 10.2 Å². The van der Waals surface area contributed by atoms with E-state index in [9.17, 15) is 22.8 Å². The van der Waals surface area contributed by atoms with E-state index in [2.05, 4.69) is 10.5 Å². The minimum atomic E-state index is -1.60. The lowest BCUT2D eigenvalue weighted by molar-refractivity contribution is -0.117. The monoisotopic (exact) mass is 394 g/mol. The smallest absolute Gasteiger partial charge is 0.322 e. The predicted octanol–water partition coefficient (Wildman–Crippen LogP) is 3.20. The first-order valence-corrected chi connectivity index (χ1v) is 8.85. The SMILES string of the molecule is CC1Cc2noc(N3CCCC3=O)c2CN1C(=O)Nc1cc(F)c(F)c(F)c1. The number of aromatic nitrogens is 1. The number of nitrogens with zero attached hydrogens (tertiary/aromatic N) is 3. The molecule has 148 valence electrons. The molecule has 1 N–H and O–H groups in total. The number of amides is 3. The molecule has 3 amide bonds. The lowest BCUT2D eigenvalue weighted by atomic mass is 10.0. The highest BCUT2D eigenvalue weighted by Crippen LogP contribution is 2.33. The van der Waals surface area contributed by atoms with Gasteiger partial charge in [-0.2, -0.15) is 0 Å². The molecule has 7 nitrogen and oxygen atoms in total. The first kappa shape index (κ1) is 18.3. The first-order valence-electron chi connectivity index (χ1n) is 8.85. The Hall–Kier alpha value is -3.04. The molecular weight excluding hydrogens is 377 g/mol. The Labute approximate surface area is 158 Å². The molecule has 28 heavy (non-hydrogen) atoms. The van der Waals surface area contributed by atoms with Gasteiger partial charge in [0, 0.05) is 43.2 Å². The number of hydrogen-bond acceptors (Lipinski definition) is 4. The first-order chi connectivity index (χ1) is 13.3. The zero-order chi connectivity index (χ0) is 20.0. The number of rotatable bonds is 2. The Bertz CT molecular complexity index is 939. The fraction of sp³-hybridized carbons (Fsp3) is 0.389. The summed E-state index contributed by atoms with van der Waals surface area (Å²) < 4.78 is 45.2. The van der Waals surface area contributed by atoms with E-state index in [0.29, 0.717) is 48.7 Å². The number of carbonyl (C=O) groups is 2. The van der Waals surface area contributed by atoms with Crippen LogP contribution in [0.5, 0.6) is 0 Å². The van der Waals surface area contributed by atoms with Gasteiger partial charge in [-0.3, -0.25) is 9.69 Å². The van der Waals surface area contributed by atoms with Crippen LogP contribution in [0, 0.1) is 17.5 Å². The van der Waals surface area contributed by atoms with Gasteiger partial charge in [0.2, 0.25) is 11.8 Å². The van der Waals surface area contributed by atoms with Crippen LogP contribution in [0.4, 0.5) is 29.5 Å². The minimum Gasteiger partial charge on any atom is -0.338 e. The molecule has 1 atom stereocenters. The van der Waals surface area contributed by atoms with Crippen molar-refractivity contribution in [3.8, 4) is 0 Å². The number of halogens is 3. The van der Waals surface area contributed by atoms with Gasteiger partial charge in [-0.1, -0.05) is 5.16 Å². The molecule has 1 aromatic heterocycles. The Balaban J connectivity index is 1.56. The molecule has 1 aromatic carbocycles. The summed E-state index contributed by atoms with van der Waals surface area (Å²) in [6.07, 6.45) is 1.55. The number of benzene rings is 1. The number of urea groups is 1. The Morgan fingerprint density at radius 1 is 1.29 bits per heavy atom. The van der Waals surface area contributed by atoms with E-state index in [1.165, 1.54) is 9.80 Å². The molecular formula is C18H17F3N4O3. The molecule has 0 bridgehead atoms. The van der Waals surface area contributed by atoms with Gasteiger partial charge in [0.15, 0.2) is 17.5 Å². The summed E-state index contributed by atoms with van der Waals surface area (Å²) in [6.45, 7) is 2.44. The Morgan fingerprint density at radius 3 is 2.64 bits per heavy atom. The van der Waals surface area contributed by atoms with Gasteiger partial charge in [0.25, 0.3) is 0 Å². The van der Waals surface area contributed by atoms with E-state index in [1.807, 2.05) is 0 Å². The molecule has 0 saturated carbocycles. The summed E-state index contributed by atoms with van der Waals surface area (Å²) in [7, 11) is 0. The van der Waals surface area contributed by atoms with Crippen molar-refractivity contribution in [3.05, 3.63) is 40.8 Å². The summed E-state index contributed by atoms with van der Waals surface area (Å²) in [5, 5.41) is 6.41. The van der Waals surface area contributed by atoms with Crippen molar-refractivity contribution >= 4 is 23.5 Å². The van der Waals surface area contributed by atoms with E-state index < -0.39 is 23.5 Å². The number of carbonyl (C=O) groups excluding carboxylic acids is 2. The lowest BCUT2D eigenvalue weighted by Crippen LogP contribution is -2.45. The molecule has 1 saturated heterocycles. The van der Waals surface area contributed by atoms with Gasteiger partial charge < -0.3 is 14.7 Å². The van der Waals surface area contributed by atoms with Crippen LogP contribution in [0.25, 0.3) is 0 Å². The van der Waals surface area contributed by atoms with E-state index in [4.69, 9.17) is 4.52 Å². The molecule has 2 aromatic rings. The zero-order valence-corrected chi connectivity index (χ0v) is 15.0. The van der Waals surface area contributed by atoms with Gasteiger partial charge in [-0.15, -0.1) is 0 Å². The minimum absolute atomic E-state index is 0.0640. The van der Waals surface area contributed by atoms with Crippen LogP contribution in [-0.4, -0.2) is 34.6 Å². The second kappa shape index (κ2) is 6.84. The van der Waals surface area contributed by atoms with Gasteiger partial charge in [0.05, 0.1) is 17.8 Å². The number of hydrogen-bond donors (Lipinski definition) is 1. The third-order valence-corrected chi connectivity index (χ3v) is 5.01. The Kier molecular flexibility index (Phi) is 4.48. The molecule has 1 unspecified atom stereocenters. The highest BCUT2D eigenvalue weighted by atomic mass is 19.2. The van der Waals surface area contributed by atoms with E-state index in [1.54, 1.807) is 6.92 Å². The van der Waals surface area contributed by atoms with Crippen molar-refractivity contribution in [1.29, 1.82) is 0 Å². The van der Waals surface area contributed by atoms with Gasteiger partial charge in [-0.05, 0) is 13.3 Å². The fourth-order valence-corrected chi connectivity index (χ4v) is 3.54. The van der Waals surface area contributed by atoms with Crippen molar-refractivity contribution in [2.24, 2.45) is 0 Å². The number of nitrogens with one attached hydrogen (secondary N) is 1. The lowest BCUT2D eigenvalue weighted by Gasteiger charge is -2.33. The average Bonchev–Trinajstić information content (AvgIpc) is 3.24. The molecule has 1 fully saturated rings. The summed E-state index contributed by atoms with van der Waals surface area (Å²) in [4.78, 5) is 27.6. The third-order valence-electron chi connectivity index (χ3n) is 5.01. The van der Waals surface area contributed by atoms with Crippen LogP contribution in [0.15, 0.2) is 16.7 Å². The van der Waals surface area contributed by atoms with Gasteiger partial charge in [0.1, 0.15) is 0 Å². The van der Waals surface area contributed by atoms with Crippen molar-refractivity contribution in [2.75, 3.05) is 16.8 Å². The highest BCUT2D eigenvalue weighted by molar-refractivity contribution is 5.95. The van der Waals surface area contributed by atoms with Crippen molar-refractivity contribution in [2.45, 2.75) is 38.8 Å². The topological polar surface area (TPSA) is 78.7 Å². The molecule has 4 rings (SSSR count). The van der Waals surface area contributed by atoms with Crippen LogP contribution in [-0.2, 0) is 17.8 Å². The predicted molar refractivity (Wildman–Crippen MR) is 92.1 cm³/mol. The van der Waals surface area contributed by atoms with Crippen LogP contribution in [0.1, 0.15) is 31.0 Å². The molecule has 0 aliphatic carbocycles. The maximum Gasteiger partial charge on any atom is 0.322 e. The number of anilines is 2. The van der Waals surface area contributed by atoms with Crippen LogP contribution in [0.2, 0.25) is 0 Å². The van der Waals surface area contributed by atoms with Crippen molar-refractivity contribution in [1.82, 2.24) is 10.1 Å². The summed E-state index contributed by atoms with van der Waals surface area (Å²) in [6, 6.07) is 0.548. The highest BCUT2D eigenvalue weighted by Gasteiger charge is 2.36. The normalized spacial score (nSPS) is 19.1. The van der Waals surface area contributed by atoms with Gasteiger partial charge >= 0.3 is 6.03 Å². The van der Waals surface area contributed by atoms with E-state index >= 15 is 0 Å². The molecule has 2 aliphatic heterocycles. The summed E-state index contributed by atoms with van der Waals surface area (Å²) in [5.41, 5.74) is 1.12. The molecule has 3 heterocycles. The standard InChI is InChI=1S/C18H17F3N4O3/c1-9-5-14-11(17(28-23-14)24-4-2-3-15(24)26)8-25(9)18(27)22-10-6-12(19)16(21)13(20)7-10/h6-7,9H,2-5,8H2,1H3,(H,22,27). The quantitative estimate of drug-likeness (QED) is 0.794. The maximum absolute atomic E-state index is 13.4.